The number of carbonyl (C=O) groups excluding carboxylic acids is 1. The Morgan fingerprint density at radius 2 is 1.75 bits per heavy atom. The fourth-order valence-electron chi connectivity index (χ4n) is 1.04. The Balaban J connectivity index is 3.08. The Kier molecular flexibility index (Phi) is 2.33. The normalized spacial score (nSPS) is 9.75. The Hall–Kier alpha value is -1.51. The molecule has 0 aliphatic rings. The van der Waals surface area contributed by atoms with Crippen LogP contribution in [-0.4, -0.2) is 5.78 Å². The zero-order valence-corrected chi connectivity index (χ0v) is 7.00. The summed E-state index contributed by atoms with van der Waals surface area (Å²) < 4.78 is 0. The van der Waals surface area contributed by atoms with Gasteiger partial charge < -0.3 is 11.5 Å². The van der Waals surface area contributed by atoms with Gasteiger partial charge in [-0.3, -0.25) is 4.79 Å². The van der Waals surface area contributed by atoms with Gasteiger partial charge >= 0.3 is 0 Å². The molecule has 0 aromatic heterocycles. The zero-order chi connectivity index (χ0) is 9.14. The van der Waals surface area contributed by atoms with E-state index in [1.807, 2.05) is 6.92 Å². The van der Waals surface area contributed by atoms with E-state index in [4.69, 9.17) is 11.5 Å². The second-order valence-corrected chi connectivity index (χ2v) is 2.67. The van der Waals surface area contributed by atoms with Gasteiger partial charge in [0.1, 0.15) is 0 Å². The molecule has 3 heteroatoms. The lowest BCUT2D eigenvalue weighted by molar-refractivity contribution is 0.0988. The first-order valence-corrected chi connectivity index (χ1v) is 3.82. The van der Waals surface area contributed by atoms with Crippen molar-refractivity contribution in [2.45, 2.75) is 13.3 Å². The van der Waals surface area contributed by atoms with Crippen molar-refractivity contribution in [3.8, 4) is 0 Å². The maximum atomic E-state index is 11.2. The van der Waals surface area contributed by atoms with E-state index < -0.39 is 0 Å². The number of anilines is 2. The Morgan fingerprint density at radius 3 is 2.17 bits per heavy atom. The molecule has 4 N–H and O–H groups in total. The minimum Gasteiger partial charge on any atom is -0.399 e. The number of hydrogen-bond acceptors (Lipinski definition) is 3. The largest absolute Gasteiger partial charge is 0.399 e. The van der Waals surface area contributed by atoms with Crippen LogP contribution in [0.2, 0.25) is 0 Å². The summed E-state index contributed by atoms with van der Waals surface area (Å²) in [5, 5.41) is 0. The molecular weight excluding hydrogens is 152 g/mol. The molecule has 12 heavy (non-hydrogen) atoms. The van der Waals surface area contributed by atoms with Crippen molar-refractivity contribution in [1.82, 2.24) is 0 Å². The highest BCUT2D eigenvalue weighted by atomic mass is 16.1. The number of hydrogen-bond donors (Lipinski definition) is 2. The van der Waals surface area contributed by atoms with Crippen LogP contribution in [0.4, 0.5) is 11.4 Å². The summed E-state index contributed by atoms with van der Waals surface area (Å²) in [4.78, 5) is 11.2. The highest BCUT2D eigenvalue weighted by molar-refractivity contribution is 5.97. The maximum Gasteiger partial charge on any atom is 0.162 e. The summed E-state index contributed by atoms with van der Waals surface area (Å²) in [6.45, 7) is 1.81. The first-order valence-electron chi connectivity index (χ1n) is 3.82. The van der Waals surface area contributed by atoms with E-state index in [1.165, 1.54) is 0 Å². The van der Waals surface area contributed by atoms with Crippen molar-refractivity contribution >= 4 is 17.2 Å². The summed E-state index contributed by atoms with van der Waals surface area (Å²) in [6.07, 6.45) is 0.475. The third-order valence-electron chi connectivity index (χ3n) is 1.62. The fourth-order valence-corrected chi connectivity index (χ4v) is 1.04. The van der Waals surface area contributed by atoms with Gasteiger partial charge in [-0.15, -0.1) is 0 Å². The van der Waals surface area contributed by atoms with Gasteiger partial charge in [0, 0.05) is 23.4 Å². The smallest absolute Gasteiger partial charge is 0.162 e. The highest BCUT2D eigenvalue weighted by Crippen LogP contribution is 2.14. The standard InChI is InChI=1S/C9H12N2O/c1-2-9(12)6-3-7(10)5-8(11)4-6/h3-5H,2,10-11H2,1H3. The predicted octanol–water partition coefficient (Wildman–Crippen LogP) is 1.44. The molecule has 1 aromatic carbocycles. The predicted molar refractivity (Wildman–Crippen MR) is 49.9 cm³/mol. The molecule has 1 rings (SSSR count). The summed E-state index contributed by atoms with van der Waals surface area (Å²) >= 11 is 0. The summed E-state index contributed by atoms with van der Waals surface area (Å²) in [7, 11) is 0. The molecule has 0 saturated carbocycles. The molecular formula is C9H12N2O. The molecule has 0 aliphatic carbocycles. The van der Waals surface area contributed by atoms with Gasteiger partial charge in [-0.1, -0.05) is 6.92 Å². The van der Waals surface area contributed by atoms with E-state index in [0.717, 1.165) is 0 Å². The fraction of sp³-hybridized carbons (Fsp3) is 0.222. The van der Waals surface area contributed by atoms with Crippen LogP contribution < -0.4 is 11.5 Å². The Labute approximate surface area is 71.4 Å². The quantitative estimate of drug-likeness (QED) is 0.513. The zero-order valence-electron chi connectivity index (χ0n) is 7.00. The summed E-state index contributed by atoms with van der Waals surface area (Å²) in [5.41, 5.74) is 12.7. The average Bonchev–Trinajstić information content (AvgIpc) is 2.01. The van der Waals surface area contributed by atoms with E-state index >= 15 is 0 Å². The van der Waals surface area contributed by atoms with E-state index in [9.17, 15) is 4.79 Å². The molecule has 0 unspecified atom stereocenters. The number of nitrogens with two attached hydrogens (primary N) is 2. The highest BCUT2D eigenvalue weighted by Gasteiger charge is 2.03. The average molecular weight is 164 g/mol. The second kappa shape index (κ2) is 3.26. The SMILES string of the molecule is CCC(=O)c1cc(N)cc(N)c1. The Bertz CT molecular complexity index is 287. The van der Waals surface area contributed by atoms with Crippen molar-refractivity contribution in [2.75, 3.05) is 11.5 Å². The minimum absolute atomic E-state index is 0.0639. The van der Waals surface area contributed by atoms with Crippen molar-refractivity contribution in [1.29, 1.82) is 0 Å². The number of Topliss-reactive ketones (excluding diaryl/α,β-unsaturated/α-hetero) is 1. The van der Waals surface area contributed by atoms with E-state index in [2.05, 4.69) is 0 Å². The first-order chi connectivity index (χ1) is 5.63. The molecule has 0 amide bonds. The van der Waals surface area contributed by atoms with Gasteiger partial charge in [-0.25, -0.2) is 0 Å². The number of ketones is 1. The molecule has 0 heterocycles. The van der Waals surface area contributed by atoms with Crippen molar-refractivity contribution < 1.29 is 4.79 Å². The molecule has 0 spiro atoms. The van der Waals surface area contributed by atoms with E-state index in [-0.39, 0.29) is 5.78 Å². The first kappa shape index (κ1) is 8.59. The molecule has 0 radical (unpaired) electrons. The van der Waals surface area contributed by atoms with Gasteiger partial charge in [-0.05, 0) is 18.2 Å². The van der Waals surface area contributed by atoms with Crippen LogP contribution in [0.15, 0.2) is 18.2 Å². The number of carbonyl (C=O) groups is 1. The summed E-state index contributed by atoms with van der Waals surface area (Å²) in [5.74, 6) is 0.0639. The Morgan fingerprint density at radius 1 is 1.25 bits per heavy atom. The van der Waals surface area contributed by atoms with Crippen LogP contribution >= 0.6 is 0 Å². The third-order valence-corrected chi connectivity index (χ3v) is 1.62. The van der Waals surface area contributed by atoms with Crippen LogP contribution in [0, 0.1) is 0 Å². The summed E-state index contributed by atoms with van der Waals surface area (Å²) in [6, 6.07) is 4.91. The van der Waals surface area contributed by atoms with Crippen LogP contribution in [-0.2, 0) is 0 Å². The van der Waals surface area contributed by atoms with Crippen LogP contribution in [0.3, 0.4) is 0 Å². The lowest BCUT2D eigenvalue weighted by Gasteiger charge is -2.01. The lowest BCUT2D eigenvalue weighted by Crippen LogP contribution is -2.00. The number of rotatable bonds is 2. The second-order valence-electron chi connectivity index (χ2n) is 2.67. The number of benzene rings is 1. The van der Waals surface area contributed by atoms with Crippen molar-refractivity contribution in [3.05, 3.63) is 23.8 Å². The molecule has 0 aliphatic heterocycles. The van der Waals surface area contributed by atoms with E-state index in [0.29, 0.717) is 23.4 Å². The van der Waals surface area contributed by atoms with Crippen LogP contribution in [0.1, 0.15) is 23.7 Å². The van der Waals surface area contributed by atoms with Gasteiger partial charge in [0.2, 0.25) is 0 Å². The molecule has 0 atom stereocenters. The molecule has 3 nitrogen and oxygen atoms in total. The van der Waals surface area contributed by atoms with Crippen LogP contribution in [0.25, 0.3) is 0 Å². The monoisotopic (exact) mass is 164 g/mol. The van der Waals surface area contributed by atoms with Crippen molar-refractivity contribution in [2.24, 2.45) is 0 Å². The topological polar surface area (TPSA) is 69.1 Å². The number of nitrogen functional groups attached to an aromatic ring is 2. The lowest BCUT2D eigenvalue weighted by atomic mass is 10.1. The van der Waals surface area contributed by atoms with E-state index in [1.54, 1.807) is 18.2 Å². The molecule has 1 aromatic rings. The van der Waals surface area contributed by atoms with Gasteiger partial charge in [0.25, 0.3) is 0 Å². The molecule has 0 fully saturated rings. The third kappa shape index (κ3) is 1.75. The van der Waals surface area contributed by atoms with Gasteiger partial charge in [0.05, 0.1) is 0 Å². The van der Waals surface area contributed by atoms with Crippen molar-refractivity contribution in [3.63, 3.8) is 0 Å². The van der Waals surface area contributed by atoms with Gasteiger partial charge in [-0.2, -0.15) is 0 Å². The maximum absolute atomic E-state index is 11.2. The minimum atomic E-state index is 0.0639. The van der Waals surface area contributed by atoms with Gasteiger partial charge in [0.15, 0.2) is 5.78 Å². The molecule has 0 bridgehead atoms. The molecule has 0 saturated heterocycles. The van der Waals surface area contributed by atoms with Crippen LogP contribution in [0.5, 0.6) is 0 Å². The molecule has 64 valence electrons.